The number of ether oxygens (including phenoxy) is 3. The van der Waals surface area contributed by atoms with Crippen molar-refractivity contribution in [3.05, 3.63) is 11.6 Å². The van der Waals surface area contributed by atoms with Crippen molar-refractivity contribution in [3.63, 3.8) is 0 Å². The summed E-state index contributed by atoms with van der Waals surface area (Å²) in [6.45, 7) is 14.8. The van der Waals surface area contributed by atoms with Crippen LogP contribution in [0.4, 0.5) is 0 Å². The fraction of sp³-hybridized carbons (Fsp3) is 0.828. The summed E-state index contributed by atoms with van der Waals surface area (Å²) in [4.78, 5) is 37.0. The molecular weight excluding hydrogens is 444 g/mol. The van der Waals surface area contributed by atoms with Crippen molar-refractivity contribution in [2.24, 2.45) is 39.4 Å². The molecule has 0 aromatic heterocycles. The molecule has 1 aliphatic heterocycles. The molecule has 5 rings (SSSR count). The average molecular weight is 487 g/mol. The van der Waals surface area contributed by atoms with Gasteiger partial charge in [-0.1, -0.05) is 41.0 Å². The summed E-state index contributed by atoms with van der Waals surface area (Å²) in [5, 5.41) is 0. The molecule has 0 bridgehead atoms. The fourth-order valence-corrected chi connectivity index (χ4v) is 10.1. The van der Waals surface area contributed by atoms with Gasteiger partial charge < -0.3 is 14.2 Å². The van der Waals surface area contributed by atoms with Gasteiger partial charge in [-0.25, -0.2) is 4.79 Å². The molecule has 0 radical (unpaired) electrons. The summed E-state index contributed by atoms with van der Waals surface area (Å²) in [5.41, 5.74) is 0.549. The van der Waals surface area contributed by atoms with Gasteiger partial charge in [-0.3, -0.25) is 9.59 Å². The van der Waals surface area contributed by atoms with Gasteiger partial charge in [0.05, 0.1) is 0 Å². The molecule has 0 aromatic rings. The molecule has 0 amide bonds. The van der Waals surface area contributed by atoms with Gasteiger partial charge in [-0.05, 0) is 72.5 Å². The van der Waals surface area contributed by atoms with Gasteiger partial charge in [0.15, 0.2) is 0 Å². The lowest BCUT2D eigenvalue weighted by Gasteiger charge is -2.70. The second-order valence-electron chi connectivity index (χ2n) is 13.5. The maximum atomic E-state index is 12.5. The third-order valence-corrected chi connectivity index (χ3v) is 11.4. The van der Waals surface area contributed by atoms with Crippen molar-refractivity contribution in [2.75, 3.05) is 0 Å². The van der Waals surface area contributed by atoms with Gasteiger partial charge in [0, 0.05) is 30.9 Å². The molecule has 35 heavy (non-hydrogen) atoms. The van der Waals surface area contributed by atoms with Crippen molar-refractivity contribution >= 4 is 17.9 Å². The Morgan fingerprint density at radius 2 is 1.54 bits per heavy atom. The van der Waals surface area contributed by atoms with E-state index >= 15 is 0 Å². The van der Waals surface area contributed by atoms with Crippen LogP contribution in [0.2, 0.25) is 0 Å². The van der Waals surface area contributed by atoms with Crippen molar-refractivity contribution < 1.29 is 28.6 Å². The second kappa shape index (κ2) is 7.82. The number of hydrogen-bond donors (Lipinski definition) is 0. The van der Waals surface area contributed by atoms with Crippen LogP contribution in [0.1, 0.15) is 93.4 Å². The molecule has 0 N–H and O–H groups in total. The first-order chi connectivity index (χ1) is 16.2. The van der Waals surface area contributed by atoms with E-state index in [-0.39, 0.29) is 40.2 Å². The molecule has 5 aliphatic rings. The lowest BCUT2D eigenvalue weighted by molar-refractivity contribution is -0.259. The van der Waals surface area contributed by atoms with E-state index < -0.39 is 23.6 Å². The summed E-state index contributed by atoms with van der Waals surface area (Å²) in [6, 6.07) is 0. The van der Waals surface area contributed by atoms with Gasteiger partial charge in [0.1, 0.15) is 18.3 Å². The van der Waals surface area contributed by atoms with Crippen molar-refractivity contribution in [2.45, 2.75) is 112 Å². The van der Waals surface area contributed by atoms with Gasteiger partial charge in [-0.15, -0.1) is 0 Å². The first kappa shape index (κ1) is 24.8. The van der Waals surface area contributed by atoms with Crippen LogP contribution in [0.3, 0.4) is 0 Å². The van der Waals surface area contributed by atoms with Crippen LogP contribution in [-0.2, 0) is 28.6 Å². The molecule has 9 atom stereocenters. The van der Waals surface area contributed by atoms with Crippen LogP contribution in [0.5, 0.6) is 0 Å². The van der Waals surface area contributed by atoms with E-state index in [1.165, 1.54) is 45.6 Å². The topological polar surface area (TPSA) is 78.9 Å². The Bertz CT molecular complexity index is 982. The molecule has 0 saturated heterocycles. The van der Waals surface area contributed by atoms with Crippen LogP contribution in [0.15, 0.2) is 11.6 Å². The molecule has 4 saturated carbocycles. The zero-order valence-corrected chi connectivity index (χ0v) is 22.4. The summed E-state index contributed by atoms with van der Waals surface area (Å²) in [7, 11) is 0. The first-order valence-electron chi connectivity index (χ1n) is 13.5. The molecule has 4 fully saturated rings. The number of esters is 3. The monoisotopic (exact) mass is 486 g/mol. The number of hydrogen-bond acceptors (Lipinski definition) is 6. The number of carbonyl (C=O) groups excluding carboxylic acids is 3. The lowest BCUT2D eigenvalue weighted by Crippen LogP contribution is -2.69. The predicted molar refractivity (Wildman–Crippen MR) is 130 cm³/mol. The zero-order chi connectivity index (χ0) is 25.6. The molecule has 0 aromatic carbocycles. The van der Waals surface area contributed by atoms with Gasteiger partial charge in [-0.2, -0.15) is 0 Å². The van der Waals surface area contributed by atoms with E-state index in [0.29, 0.717) is 18.3 Å². The smallest absolute Gasteiger partial charge is 0.331 e. The van der Waals surface area contributed by atoms with Gasteiger partial charge in [0.25, 0.3) is 0 Å². The number of carbonyl (C=O) groups is 3. The van der Waals surface area contributed by atoms with Crippen LogP contribution < -0.4 is 0 Å². The molecule has 6 heteroatoms. The minimum Gasteiger partial charge on any atom is -0.462 e. The standard InChI is InChI=1S/C29H42O6/c1-16(30)33-19-14-22-28(6)12-9-20-26(3,4)10-8-11-27(20,5)21(28)15-23(34-17(2)31)29(22,7)25-18(19)13-24(32)35-25/h13,19-23,25H,8-12,14-15H2,1-7H3/t19-,20-,21+,22-,23+,25-,27-,28+,29+/m0/s1. The summed E-state index contributed by atoms with van der Waals surface area (Å²) in [5.74, 6) is 0.0300. The van der Waals surface area contributed by atoms with Gasteiger partial charge >= 0.3 is 17.9 Å². The third kappa shape index (κ3) is 3.44. The second-order valence-corrected chi connectivity index (χ2v) is 13.5. The van der Waals surface area contributed by atoms with E-state index in [0.717, 1.165) is 18.4 Å². The van der Waals surface area contributed by atoms with E-state index in [4.69, 9.17) is 14.2 Å². The summed E-state index contributed by atoms with van der Waals surface area (Å²) < 4.78 is 17.9. The van der Waals surface area contributed by atoms with Crippen molar-refractivity contribution in [1.82, 2.24) is 0 Å². The Balaban J connectivity index is 1.64. The van der Waals surface area contributed by atoms with Crippen LogP contribution in [0.25, 0.3) is 0 Å². The molecular formula is C29H42O6. The molecule has 0 unspecified atom stereocenters. The molecule has 0 spiro atoms. The minimum atomic E-state index is -0.570. The van der Waals surface area contributed by atoms with E-state index in [2.05, 4.69) is 34.6 Å². The van der Waals surface area contributed by atoms with E-state index in [1.54, 1.807) is 0 Å². The highest BCUT2D eigenvalue weighted by Gasteiger charge is 2.71. The van der Waals surface area contributed by atoms with E-state index in [1.807, 2.05) is 0 Å². The summed E-state index contributed by atoms with van der Waals surface area (Å²) in [6.07, 6.45) is 7.44. The lowest BCUT2D eigenvalue weighted by atomic mass is 9.35. The minimum absolute atomic E-state index is 0.0387. The zero-order valence-electron chi connectivity index (χ0n) is 22.4. The maximum Gasteiger partial charge on any atom is 0.331 e. The van der Waals surface area contributed by atoms with Crippen LogP contribution in [0, 0.1) is 39.4 Å². The fourth-order valence-electron chi connectivity index (χ4n) is 10.1. The Labute approximate surface area is 209 Å². The largest absolute Gasteiger partial charge is 0.462 e. The SMILES string of the molecule is CC(=O)O[C@H]1C[C@H]2[C@]3(C)CC[C@H]4C(C)(C)CCC[C@]4(C)[C@H]3C[C@@H](OC(C)=O)[C@]2(C)[C@H]2OC(=O)C=C12. The Hall–Kier alpha value is -1.85. The highest BCUT2D eigenvalue weighted by atomic mass is 16.6. The van der Waals surface area contributed by atoms with Crippen LogP contribution in [-0.4, -0.2) is 36.2 Å². The van der Waals surface area contributed by atoms with E-state index in [9.17, 15) is 14.4 Å². The molecule has 1 heterocycles. The normalized spacial score (nSPS) is 47.7. The van der Waals surface area contributed by atoms with Crippen molar-refractivity contribution in [1.29, 1.82) is 0 Å². The maximum absolute atomic E-state index is 12.5. The quantitative estimate of drug-likeness (QED) is 0.385. The predicted octanol–water partition coefficient (Wildman–Crippen LogP) is 5.38. The van der Waals surface area contributed by atoms with Crippen LogP contribution >= 0.6 is 0 Å². The Morgan fingerprint density at radius 3 is 2.20 bits per heavy atom. The number of fused-ring (bicyclic) bond motifs is 7. The Kier molecular flexibility index (Phi) is 5.55. The summed E-state index contributed by atoms with van der Waals surface area (Å²) >= 11 is 0. The Morgan fingerprint density at radius 1 is 0.886 bits per heavy atom. The highest BCUT2D eigenvalue weighted by Crippen LogP contribution is 2.73. The molecule has 194 valence electrons. The average Bonchev–Trinajstić information content (AvgIpc) is 3.13. The van der Waals surface area contributed by atoms with Crippen molar-refractivity contribution in [3.8, 4) is 0 Å². The van der Waals surface area contributed by atoms with Gasteiger partial charge in [0.2, 0.25) is 0 Å². The highest BCUT2D eigenvalue weighted by molar-refractivity contribution is 5.86. The number of rotatable bonds is 2. The first-order valence-corrected chi connectivity index (χ1v) is 13.5. The molecule has 4 aliphatic carbocycles. The third-order valence-electron chi connectivity index (χ3n) is 11.4. The molecule has 6 nitrogen and oxygen atoms in total.